The second-order valence-corrected chi connectivity index (χ2v) is 7.67. The number of halogens is 7. The lowest BCUT2D eigenvalue weighted by Crippen LogP contribution is -2.23. The molecule has 0 saturated heterocycles. The van der Waals surface area contributed by atoms with E-state index in [1.807, 2.05) is 0 Å². The highest BCUT2D eigenvalue weighted by Gasteiger charge is 2.38. The van der Waals surface area contributed by atoms with E-state index in [2.05, 4.69) is 0 Å². The van der Waals surface area contributed by atoms with Crippen molar-refractivity contribution >= 4 is 0 Å². The molecular formula is C22H21F7O2. The molecule has 0 heterocycles. The number of benzene rings is 2. The molecule has 0 spiro atoms. The highest BCUT2D eigenvalue weighted by Crippen LogP contribution is 2.42. The topological polar surface area (TPSA) is 29.5 Å². The van der Waals surface area contributed by atoms with E-state index in [9.17, 15) is 35.8 Å². The molecule has 9 heteroatoms. The Bertz CT molecular complexity index is 843. The van der Waals surface area contributed by atoms with E-state index >= 15 is 0 Å². The van der Waals surface area contributed by atoms with Crippen LogP contribution in [0.5, 0.6) is 0 Å². The maximum absolute atomic E-state index is 13.2. The van der Waals surface area contributed by atoms with Gasteiger partial charge in [0.05, 0.1) is 23.8 Å². The maximum Gasteiger partial charge on any atom is 0.416 e. The van der Waals surface area contributed by atoms with Gasteiger partial charge in [0.2, 0.25) is 0 Å². The molecule has 1 aliphatic carbocycles. The summed E-state index contributed by atoms with van der Waals surface area (Å²) in [5.41, 5.74) is -2.08. The molecule has 1 aliphatic rings. The molecule has 0 aliphatic heterocycles. The number of hydrogen-bond acceptors (Lipinski definition) is 2. The second kappa shape index (κ2) is 9.16. The average Bonchev–Trinajstić information content (AvgIpc) is 3.10. The van der Waals surface area contributed by atoms with Gasteiger partial charge in [0.1, 0.15) is 5.82 Å². The van der Waals surface area contributed by atoms with E-state index in [0.29, 0.717) is 25.0 Å². The van der Waals surface area contributed by atoms with Crippen LogP contribution in [0.3, 0.4) is 0 Å². The molecule has 2 nitrogen and oxygen atoms in total. The van der Waals surface area contributed by atoms with Crippen molar-refractivity contribution in [2.75, 3.05) is 13.2 Å². The van der Waals surface area contributed by atoms with Crippen LogP contribution in [0, 0.1) is 11.7 Å². The lowest BCUT2D eigenvalue weighted by molar-refractivity contribution is -0.143. The van der Waals surface area contributed by atoms with Crippen molar-refractivity contribution in [2.45, 2.75) is 43.6 Å². The number of hydrogen-bond donors (Lipinski definition) is 1. The normalized spacial score (nSPS) is 22.1. The van der Waals surface area contributed by atoms with Gasteiger partial charge in [0.25, 0.3) is 0 Å². The number of rotatable bonds is 6. The fraction of sp³-hybridized carbons (Fsp3) is 0.455. The summed E-state index contributed by atoms with van der Waals surface area (Å²) >= 11 is 0. The van der Waals surface area contributed by atoms with Crippen molar-refractivity contribution in [2.24, 2.45) is 5.92 Å². The smallest absolute Gasteiger partial charge is 0.396 e. The van der Waals surface area contributed by atoms with Crippen molar-refractivity contribution in [1.82, 2.24) is 0 Å². The second-order valence-electron chi connectivity index (χ2n) is 7.67. The fourth-order valence-corrected chi connectivity index (χ4v) is 4.10. The summed E-state index contributed by atoms with van der Waals surface area (Å²) in [6.07, 6.45) is -9.09. The largest absolute Gasteiger partial charge is 0.416 e. The maximum atomic E-state index is 13.2. The molecule has 170 valence electrons. The Labute approximate surface area is 174 Å². The molecule has 1 N–H and O–H groups in total. The number of aliphatic hydroxyl groups excluding tert-OH is 1. The molecule has 31 heavy (non-hydrogen) atoms. The Hall–Kier alpha value is -2.13. The van der Waals surface area contributed by atoms with E-state index in [1.165, 1.54) is 12.1 Å². The van der Waals surface area contributed by atoms with Crippen LogP contribution in [0.1, 0.15) is 41.0 Å². The van der Waals surface area contributed by atoms with Gasteiger partial charge < -0.3 is 9.84 Å². The predicted octanol–water partition coefficient (Wildman–Crippen LogP) is 5.98. The Morgan fingerprint density at radius 2 is 1.45 bits per heavy atom. The zero-order valence-electron chi connectivity index (χ0n) is 16.3. The number of ether oxygens (including phenoxy) is 1. The Morgan fingerprint density at radius 3 is 1.97 bits per heavy atom. The molecule has 1 saturated carbocycles. The van der Waals surface area contributed by atoms with Crippen LogP contribution in [0.15, 0.2) is 42.5 Å². The zero-order chi connectivity index (χ0) is 22.8. The van der Waals surface area contributed by atoms with E-state index in [0.717, 1.165) is 5.56 Å². The van der Waals surface area contributed by atoms with Crippen molar-refractivity contribution < 1.29 is 40.6 Å². The third kappa shape index (κ3) is 5.77. The molecule has 0 radical (unpaired) electrons. The predicted molar refractivity (Wildman–Crippen MR) is 98.8 cm³/mol. The first kappa shape index (κ1) is 23.5. The molecule has 2 aromatic rings. The van der Waals surface area contributed by atoms with Gasteiger partial charge in [-0.05, 0) is 66.6 Å². The molecule has 1 fully saturated rings. The lowest BCUT2D eigenvalue weighted by Gasteiger charge is -2.25. The summed E-state index contributed by atoms with van der Waals surface area (Å²) in [6.45, 7) is -0.191. The van der Waals surface area contributed by atoms with Gasteiger partial charge in [-0.1, -0.05) is 12.1 Å². The number of alkyl halides is 6. The van der Waals surface area contributed by atoms with Gasteiger partial charge >= 0.3 is 12.4 Å². The van der Waals surface area contributed by atoms with Crippen molar-refractivity contribution in [1.29, 1.82) is 0 Å². The van der Waals surface area contributed by atoms with Crippen molar-refractivity contribution in [3.8, 4) is 0 Å². The van der Waals surface area contributed by atoms with Crippen LogP contribution in [-0.2, 0) is 23.5 Å². The van der Waals surface area contributed by atoms with Crippen LogP contribution in [0.25, 0.3) is 0 Å². The summed E-state index contributed by atoms with van der Waals surface area (Å²) < 4.78 is 97.1. The fourth-order valence-electron chi connectivity index (χ4n) is 4.10. The van der Waals surface area contributed by atoms with Crippen LogP contribution in [0.4, 0.5) is 30.7 Å². The summed E-state index contributed by atoms with van der Waals surface area (Å²) in [6, 6.07) is 7.25. The van der Waals surface area contributed by atoms with Gasteiger partial charge in [0.15, 0.2) is 0 Å². The Morgan fingerprint density at radius 1 is 0.871 bits per heavy atom. The van der Waals surface area contributed by atoms with Crippen molar-refractivity contribution in [3.63, 3.8) is 0 Å². The van der Waals surface area contributed by atoms with Gasteiger partial charge in [-0.2, -0.15) is 26.3 Å². The first-order chi connectivity index (χ1) is 14.5. The third-order valence-corrected chi connectivity index (χ3v) is 5.59. The highest BCUT2D eigenvalue weighted by atomic mass is 19.4. The van der Waals surface area contributed by atoms with E-state index < -0.39 is 29.3 Å². The Balaban J connectivity index is 1.73. The summed E-state index contributed by atoms with van der Waals surface area (Å²) in [5, 5.41) is 9.64. The van der Waals surface area contributed by atoms with E-state index in [1.54, 1.807) is 12.1 Å². The quantitative estimate of drug-likeness (QED) is 0.549. The minimum Gasteiger partial charge on any atom is -0.396 e. The third-order valence-electron chi connectivity index (χ3n) is 5.59. The zero-order valence-corrected chi connectivity index (χ0v) is 16.3. The summed E-state index contributed by atoms with van der Waals surface area (Å²) in [5.74, 6) is -0.775. The lowest BCUT2D eigenvalue weighted by atomic mass is 9.88. The molecule has 0 amide bonds. The van der Waals surface area contributed by atoms with Crippen LogP contribution in [-0.4, -0.2) is 24.4 Å². The van der Waals surface area contributed by atoms with Gasteiger partial charge in [-0.25, -0.2) is 4.39 Å². The van der Waals surface area contributed by atoms with Crippen molar-refractivity contribution in [3.05, 3.63) is 70.5 Å². The molecule has 0 aromatic heterocycles. The summed E-state index contributed by atoms with van der Waals surface area (Å²) in [4.78, 5) is 0. The monoisotopic (exact) mass is 450 g/mol. The summed E-state index contributed by atoms with van der Waals surface area (Å²) in [7, 11) is 0. The standard InChI is InChI=1S/C22H21F7O2/c23-18-4-1-14(2-5-18)20-15(12-30)3-6-19(20)31-8-7-13-9-16(21(24,25)26)11-17(10-13)22(27,28)29/h1-2,4-5,9-11,15,19-20,30H,3,6-8,12H2. The molecule has 3 atom stereocenters. The SMILES string of the molecule is OCC1CCC(OCCc2cc(C(F)(F)F)cc(C(F)(F)F)c2)C1c1ccc(F)cc1. The van der Waals surface area contributed by atoms with E-state index in [4.69, 9.17) is 4.74 Å². The average molecular weight is 450 g/mol. The first-order valence-corrected chi connectivity index (χ1v) is 9.75. The minimum absolute atomic E-state index is 0.0842. The first-order valence-electron chi connectivity index (χ1n) is 9.75. The van der Waals surface area contributed by atoms with Gasteiger partial charge in [0, 0.05) is 12.5 Å². The minimum atomic E-state index is -4.90. The molecule has 3 rings (SSSR count). The highest BCUT2D eigenvalue weighted by molar-refractivity contribution is 5.34. The molecule has 2 aromatic carbocycles. The Kier molecular flexibility index (Phi) is 6.95. The van der Waals surface area contributed by atoms with Crippen LogP contribution < -0.4 is 0 Å². The number of aliphatic hydroxyl groups is 1. The molecular weight excluding hydrogens is 429 g/mol. The van der Waals surface area contributed by atoms with Crippen LogP contribution in [0.2, 0.25) is 0 Å². The van der Waals surface area contributed by atoms with Gasteiger partial charge in [-0.3, -0.25) is 0 Å². The van der Waals surface area contributed by atoms with E-state index in [-0.39, 0.29) is 49.2 Å². The van der Waals surface area contributed by atoms with Gasteiger partial charge in [-0.15, -0.1) is 0 Å². The molecule has 3 unspecified atom stereocenters. The van der Waals surface area contributed by atoms with Crippen LogP contribution >= 0.6 is 0 Å². The molecule has 0 bridgehead atoms.